The summed E-state index contributed by atoms with van der Waals surface area (Å²) in [4.78, 5) is 14.9. The first-order valence-electron chi connectivity index (χ1n) is 10.5. The van der Waals surface area contributed by atoms with E-state index in [-0.39, 0.29) is 41.1 Å². The first-order valence-corrected chi connectivity index (χ1v) is 10.5. The van der Waals surface area contributed by atoms with Gasteiger partial charge in [0.25, 0.3) is 5.91 Å². The van der Waals surface area contributed by atoms with Crippen molar-refractivity contribution in [2.24, 2.45) is 5.10 Å². The zero-order valence-electron chi connectivity index (χ0n) is 19.6. The largest absolute Gasteiger partial charge is 0.502 e. The number of nitrogen functional groups attached to an aromatic ring is 1. The van der Waals surface area contributed by atoms with Gasteiger partial charge in [-0.2, -0.15) is 9.78 Å². The lowest BCUT2D eigenvalue weighted by molar-refractivity contribution is 0.0949. The highest BCUT2D eigenvalue weighted by atomic mass is 16.6. The van der Waals surface area contributed by atoms with Crippen LogP contribution in [0.5, 0.6) is 17.2 Å². The molecule has 2 aromatic carbocycles. The van der Waals surface area contributed by atoms with E-state index in [1.807, 2.05) is 42.3 Å². The molecule has 0 bridgehead atoms. The summed E-state index contributed by atoms with van der Waals surface area (Å²) < 4.78 is 16.2. The molecule has 0 aliphatic heterocycles. The number of para-hydroxylation sites is 1. The molecule has 4 aromatic rings. The lowest BCUT2D eigenvalue weighted by atomic mass is 10.2. The summed E-state index contributed by atoms with van der Waals surface area (Å²) in [6.45, 7) is 0.224. The Hall–Kier alpha value is -5.14. The molecular formula is C22H23N9O5. The van der Waals surface area contributed by atoms with E-state index in [2.05, 4.69) is 35.8 Å². The summed E-state index contributed by atoms with van der Waals surface area (Å²) in [5.41, 5.74) is 10.1. The highest BCUT2D eigenvalue weighted by Crippen LogP contribution is 2.36. The predicted molar refractivity (Wildman–Crippen MR) is 128 cm³/mol. The molecule has 0 unspecified atom stereocenters. The van der Waals surface area contributed by atoms with Crippen LogP contribution < -0.4 is 25.5 Å². The van der Waals surface area contributed by atoms with Gasteiger partial charge in [-0.05, 0) is 34.6 Å². The van der Waals surface area contributed by atoms with Gasteiger partial charge in [0.15, 0.2) is 17.2 Å². The fraction of sp³-hybridized carbons (Fsp3) is 0.182. The quantitative estimate of drug-likeness (QED) is 0.226. The van der Waals surface area contributed by atoms with E-state index >= 15 is 0 Å². The molecule has 14 heteroatoms. The van der Waals surface area contributed by atoms with Gasteiger partial charge < -0.3 is 25.2 Å². The molecule has 0 spiro atoms. The Labute approximate surface area is 204 Å². The standard InChI is InChI=1S/C22H23N9O5/c1-30(14-7-5-4-6-8-14)12-15-18(25-29-31(15)21-20(23)27-36-28-21)22(33)26-24-11-13-9-16(34-2)19(32)17(10-13)35-3/h4-11,32H,12H2,1-3H3,(H2,23,27)(H,26,33). The molecule has 36 heavy (non-hydrogen) atoms. The van der Waals surface area contributed by atoms with Crippen molar-refractivity contribution in [3.8, 4) is 23.1 Å². The number of methoxy groups -OCH3 is 2. The van der Waals surface area contributed by atoms with E-state index in [9.17, 15) is 9.90 Å². The average Bonchev–Trinajstić information content (AvgIpc) is 3.50. The van der Waals surface area contributed by atoms with Gasteiger partial charge in [-0.15, -0.1) is 5.10 Å². The van der Waals surface area contributed by atoms with Gasteiger partial charge in [-0.3, -0.25) is 4.79 Å². The van der Waals surface area contributed by atoms with Crippen LogP contribution in [0.15, 0.2) is 52.2 Å². The number of nitrogens with one attached hydrogen (secondary N) is 1. The Morgan fingerprint density at radius 2 is 1.92 bits per heavy atom. The number of nitrogens with two attached hydrogens (primary N) is 1. The van der Waals surface area contributed by atoms with E-state index in [1.54, 1.807) is 0 Å². The molecule has 186 valence electrons. The normalized spacial score (nSPS) is 11.0. The number of carbonyl (C=O) groups excluding carboxylic acids is 1. The van der Waals surface area contributed by atoms with Crippen molar-refractivity contribution in [2.75, 3.05) is 31.9 Å². The first-order chi connectivity index (χ1) is 17.4. The number of hydrogen-bond donors (Lipinski definition) is 3. The fourth-order valence-electron chi connectivity index (χ4n) is 3.33. The SMILES string of the molecule is COc1cc(C=NNC(=O)c2nnn(-c3nonc3N)c2CN(C)c2ccccc2)cc(OC)c1O. The molecule has 0 fully saturated rings. The molecule has 0 aliphatic rings. The lowest BCUT2D eigenvalue weighted by Crippen LogP contribution is -2.24. The van der Waals surface area contributed by atoms with E-state index in [1.165, 1.54) is 37.2 Å². The van der Waals surface area contributed by atoms with E-state index in [0.29, 0.717) is 11.3 Å². The second-order valence-corrected chi connectivity index (χ2v) is 7.43. The molecule has 0 saturated carbocycles. The average molecular weight is 493 g/mol. The minimum Gasteiger partial charge on any atom is -0.502 e. The van der Waals surface area contributed by atoms with Gasteiger partial charge in [-0.1, -0.05) is 23.4 Å². The van der Waals surface area contributed by atoms with Crippen molar-refractivity contribution in [1.82, 2.24) is 30.7 Å². The van der Waals surface area contributed by atoms with Crippen LogP contribution in [0, 0.1) is 0 Å². The summed E-state index contributed by atoms with van der Waals surface area (Å²) in [6.07, 6.45) is 1.36. The molecule has 0 radical (unpaired) electrons. The minimum atomic E-state index is -0.623. The van der Waals surface area contributed by atoms with Crippen molar-refractivity contribution >= 4 is 23.6 Å². The summed E-state index contributed by atoms with van der Waals surface area (Å²) in [5, 5.41) is 29.4. The molecule has 0 aliphatic carbocycles. The molecule has 0 saturated heterocycles. The fourth-order valence-corrected chi connectivity index (χ4v) is 3.33. The van der Waals surface area contributed by atoms with Gasteiger partial charge in [0.2, 0.25) is 17.4 Å². The van der Waals surface area contributed by atoms with Crippen LogP contribution in [0.4, 0.5) is 11.5 Å². The first kappa shape index (κ1) is 24.0. The monoisotopic (exact) mass is 493 g/mol. The van der Waals surface area contributed by atoms with Crippen LogP contribution in [0.1, 0.15) is 21.7 Å². The number of benzene rings is 2. The van der Waals surface area contributed by atoms with Crippen LogP contribution in [-0.2, 0) is 6.54 Å². The third-order valence-corrected chi connectivity index (χ3v) is 5.14. The zero-order chi connectivity index (χ0) is 25.7. The number of phenolic OH excluding ortho intramolecular Hbond substituents is 1. The Balaban J connectivity index is 1.61. The van der Waals surface area contributed by atoms with Crippen molar-refractivity contribution in [2.45, 2.75) is 6.54 Å². The molecule has 4 rings (SSSR count). The zero-order valence-corrected chi connectivity index (χ0v) is 19.6. The highest BCUT2D eigenvalue weighted by Gasteiger charge is 2.25. The van der Waals surface area contributed by atoms with Gasteiger partial charge in [-0.25, -0.2) is 10.1 Å². The number of carbonyl (C=O) groups is 1. The number of phenols is 1. The third kappa shape index (κ3) is 4.86. The summed E-state index contributed by atoms with van der Waals surface area (Å²) >= 11 is 0. The van der Waals surface area contributed by atoms with Crippen molar-refractivity contribution < 1.29 is 24.0 Å². The van der Waals surface area contributed by atoms with Gasteiger partial charge in [0, 0.05) is 18.3 Å². The van der Waals surface area contributed by atoms with Gasteiger partial charge in [0.05, 0.1) is 32.7 Å². The highest BCUT2D eigenvalue weighted by molar-refractivity contribution is 5.94. The van der Waals surface area contributed by atoms with Crippen molar-refractivity contribution in [3.05, 3.63) is 59.4 Å². The number of ether oxygens (including phenoxy) is 2. The molecule has 0 atom stereocenters. The van der Waals surface area contributed by atoms with Gasteiger partial charge >= 0.3 is 0 Å². The van der Waals surface area contributed by atoms with E-state index in [0.717, 1.165) is 5.69 Å². The Kier molecular flexibility index (Phi) is 6.95. The second-order valence-electron chi connectivity index (χ2n) is 7.43. The number of hydrazone groups is 1. The van der Waals surface area contributed by atoms with Crippen molar-refractivity contribution in [3.63, 3.8) is 0 Å². The van der Waals surface area contributed by atoms with Crippen LogP contribution in [0.2, 0.25) is 0 Å². The smallest absolute Gasteiger partial charge is 0.293 e. The van der Waals surface area contributed by atoms with E-state index < -0.39 is 5.91 Å². The number of anilines is 2. The maximum Gasteiger partial charge on any atom is 0.293 e. The second kappa shape index (κ2) is 10.4. The minimum absolute atomic E-state index is 0.00167. The van der Waals surface area contributed by atoms with Gasteiger partial charge in [0.1, 0.15) is 0 Å². The molecular weight excluding hydrogens is 470 g/mol. The predicted octanol–water partition coefficient (Wildman–Crippen LogP) is 1.36. The number of aromatic nitrogens is 5. The molecule has 1 amide bonds. The van der Waals surface area contributed by atoms with Crippen LogP contribution in [-0.4, -0.2) is 63.8 Å². The Morgan fingerprint density at radius 1 is 1.22 bits per heavy atom. The van der Waals surface area contributed by atoms with Crippen LogP contribution in [0.3, 0.4) is 0 Å². The summed E-state index contributed by atoms with van der Waals surface area (Å²) in [6, 6.07) is 12.6. The number of amides is 1. The molecule has 4 N–H and O–H groups in total. The molecule has 2 heterocycles. The Morgan fingerprint density at radius 3 is 2.53 bits per heavy atom. The number of hydrogen-bond acceptors (Lipinski definition) is 12. The summed E-state index contributed by atoms with van der Waals surface area (Å²) in [5.74, 6) is -0.299. The Bertz CT molecular complexity index is 1360. The van der Waals surface area contributed by atoms with Crippen LogP contribution >= 0.6 is 0 Å². The maximum atomic E-state index is 13.0. The lowest BCUT2D eigenvalue weighted by Gasteiger charge is -2.19. The topological polar surface area (TPSA) is 179 Å². The van der Waals surface area contributed by atoms with Crippen molar-refractivity contribution in [1.29, 1.82) is 0 Å². The number of rotatable bonds is 9. The van der Waals surface area contributed by atoms with E-state index in [4.69, 9.17) is 15.2 Å². The summed E-state index contributed by atoms with van der Waals surface area (Å²) in [7, 11) is 4.67. The maximum absolute atomic E-state index is 13.0. The third-order valence-electron chi connectivity index (χ3n) is 5.14. The number of nitrogens with zero attached hydrogens (tertiary/aromatic N) is 7. The van der Waals surface area contributed by atoms with Crippen LogP contribution in [0.25, 0.3) is 5.82 Å². The molecule has 14 nitrogen and oxygen atoms in total. The number of aromatic hydroxyl groups is 1. The molecule has 2 aromatic heterocycles.